The zero-order valence-corrected chi connectivity index (χ0v) is 12.0. The lowest BCUT2D eigenvalue weighted by Gasteiger charge is -2.10. The van der Waals surface area contributed by atoms with Crippen LogP contribution in [0.4, 0.5) is 0 Å². The van der Waals surface area contributed by atoms with Crippen LogP contribution in [0.1, 0.15) is 11.1 Å². The minimum Gasteiger partial charge on any atom is -0.457 e. The molecule has 0 unspecified atom stereocenters. The molecule has 0 amide bonds. The van der Waals surface area contributed by atoms with Gasteiger partial charge in [-0.3, -0.25) is 0 Å². The van der Waals surface area contributed by atoms with Crippen LogP contribution < -0.4 is 4.74 Å². The summed E-state index contributed by atoms with van der Waals surface area (Å²) in [5.41, 5.74) is 2.28. The normalized spacial score (nSPS) is 10.4. The van der Waals surface area contributed by atoms with Gasteiger partial charge in [0, 0.05) is 9.50 Å². The van der Waals surface area contributed by atoms with Gasteiger partial charge < -0.3 is 4.74 Å². The van der Waals surface area contributed by atoms with Crippen LogP contribution in [0.15, 0.2) is 40.9 Å². The monoisotopic (exact) mass is 310 g/mol. The fourth-order valence-electron chi connectivity index (χ4n) is 1.53. The van der Waals surface area contributed by atoms with Crippen molar-refractivity contribution in [3.05, 3.63) is 57.0 Å². The number of hydrogen-bond acceptors (Lipinski definition) is 1. The molecule has 0 saturated heterocycles. The standard InChI is InChI=1S/C14H12BrClO/c1-9-3-4-10(2)14(5-9)17-13-7-11(15)6-12(16)8-13/h3-8H,1-2H3. The van der Waals surface area contributed by atoms with Crippen LogP contribution in [0.5, 0.6) is 11.5 Å². The van der Waals surface area contributed by atoms with Gasteiger partial charge in [-0.1, -0.05) is 39.7 Å². The zero-order valence-electron chi connectivity index (χ0n) is 9.63. The average molecular weight is 312 g/mol. The lowest BCUT2D eigenvalue weighted by molar-refractivity contribution is 0.478. The Morgan fingerprint density at radius 2 is 1.82 bits per heavy atom. The minimum atomic E-state index is 0.652. The van der Waals surface area contributed by atoms with E-state index in [2.05, 4.69) is 22.0 Å². The first-order chi connectivity index (χ1) is 8.04. The number of halogens is 2. The summed E-state index contributed by atoms with van der Waals surface area (Å²) in [4.78, 5) is 0. The molecule has 0 aliphatic carbocycles. The summed E-state index contributed by atoms with van der Waals surface area (Å²) in [6.45, 7) is 4.06. The molecule has 1 nitrogen and oxygen atoms in total. The fourth-order valence-corrected chi connectivity index (χ4v) is 2.36. The molecule has 2 aromatic carbocycles. The van der Waals surface area contributed by atoms with E-state index in [-0.39, 0.29) is 0 Å². The van der Waals surface area contributed by atoms with Crippen molar-refractivity contribution < 1.29 is 4.74 Å². The molecule has 0 radical (unpaired) electrons. The van der Waals surface area contributed by atoms with Crippen molar-refractivity contribution >= 4 is 27.5 Å². The molecule has 0 N–H and O–H groups in total. The van der Waals surface area contributed by atoms with E-state index in [1.807, 2.05) is 38.1 Å². The second-order valence-corrected chi connectivity index (χ2v) is 5.33. The summed E-state index contributed by atoms with van der Waals surface area (Å²) in [5, 5.41) is 0.652. The molecule has 2 rings (SSSR count). The van der Waals surface area contributed by atoms with Gasteiger partial charge in [0.15, 0.2) is 0 Å². The van der Waals surface area contributed by atoms with Gasteiger partial charge >= 0.3 is 0 Å². The summed E-state index contributed by atoms with van der Waals surface area (Å²) in [5.74, 6) is 1.59. The molecule has 0 aliphatic rings. The summed E-state index contributed by atoms with van der Waals surface area (Å²) in [6.07, 6.45) is 0. The molecule has 88 valence electrons. The molecular weight excluding hydrogens is 300 g/mol. The second kappa shape index (κ2) is 5.11. The van der Waals surface area contributed by atoms with Crippen molar-refractivity contribution in [2.24, 2.45) is 0 Å². The minimum absolute atomic E-state index is 0.652. The maximum atomic E-state index is 5.98. The van der Waals surface area contributed by atoms with Gasteiger partial charge in [-0.15, -0.1) is 0 Å². The van der Waals surface area contributed by atoms with Crippen LogP contribution in [0.3, 0.4) is 0 Å². The van der Waals surface area contributed by atoms with E-state index in [0.717, 1.165) is 21.5 Å². The number of hydrogen-bond donors (Lipinski definition) is 0. The van der Waals surface area contributed by atoms with Crippen LogP contribution in [0.2, 0.25) is 5.02 Å². The number of rotatable bonds is 2. The molecule has 0 fully saturated rings. The van der Waals surface area contributed by atoms with E-state index in [1.54, 1.807) is 6.07 Å². The van der Waals surface area contributed by atoms with Gasteiger partial charge in [0.25, 0.3) is 0 Å². The SMILES string of the molecule is Cc1ccc(C)c(Oc2cc(Cl)cc(Br)c2)c1. The summed E-state index contributed by atoms with van der Waals surface area (Å²) < 4.78 is 6.74. The van der Waals surface area contributed by atoms with Crippen molar-refractivity contribution in [2.45, 2.75) is 13.8 Å². The Bertz CT molecular complexity index is 532. The highest BCUT2D eigenvalue weighted by Gasteiger charge is 2.04. The smallest absolute Gasteiger partial charge is 0.130 e. The van der Waals surface area contributed by atoms with E-state index in [1.165, 1.54) is 5.56 Å². The Morgan fingerprint density at radius 3 is 2.53 bits per heavy atom. The van der Waals surface area contributed by atoms with Crippen LogP contribution >= 0.6 is 27.5 Å². The molecule has 0 atom stereocenters. The highest BCUT2D eigenvalue weighted by molar-refractivity contribution is 9.10. The van der Waals surface area contributed by atoms with Gasteiger partial charge in [-0.25, -0.2) is 0 Å². The summed E-state index contributed by atoms with van der Waals surface area (Å²) in [7, 11) is 0. The molecular formula is C14H12BrClO. The molecule has 0 bridgehead atoms. The molecule has 17 heavy (non-hydrogen) atoms. The van der Waals surface area contributed by atoms with Crippen LogP contribution in [0, 0.1) is 13.8 Å². The topological polar surface area (TPSA) is 9.23 Å². The summed E-state index contributed by atoms with van der Waals surface area (Å²) in [6, 6.07) is 11.7. The van der Waals surface area contributed by atoms with E-state index in [0.29, 0.717) is 5.02 Å². The van der Waals surface area contributed by atoms with Gasteiger partial charge in [-0.05, 0) is 49.2 Å². The van der Waals surface area contributed by atoms with Crippen LogP contribution in [-0.4, -0.2) is 0 Å². The molecule has 0 heterocycles. The van der Waals surface area contributed by atoms with Crippen LogP contribution in [-0.2, 0) is 0 Å². The Balaban J connectivity index is 2.34. The Morgan fingerprint density at radius 1 is 1.06 bits per heavy atom. The number of aryl methyl sites for hydroxylation is 2. The van der Waals surface area contributed by atoms with E-state index >= 15 is 0 Å². The second-order valence-electron chi connectivity index (χ2n) is 3.98. The maximum absolute atomic E-state index is 5.98. The van der Waals surface area contributed by atoms with Crippen molar-refractivity contribution in [3.63, 3.8) is 0 Å². The first kappa shape index (κ1) is 12.5. The third-order valence-corrected chi connectivity index (χ3v) is 3.08. The highest BCUT2D eigenvalue weighted by Crippen LogP contribution is 2.30. The first-order valence-corrected chi connectivity index (χ1v) is 6.43. The van der Waals surface area contributed by atoms with Gasteiger partial charge in [-0.2, -0.15) is 0 Å². The predicted octanol–water partition coefficient (Wildman–Crippen LogP) is 5.51. The molecule has 0 saturated carbocycles. The Labute approximate surface area is 115 Å². The zero-order chi connectivity index (χ0) is 12.4. The van der Waals surface area contributed by atoms with Crippen LogP contribution in [0.25, 0.3) is 0 Å². The van der Waals surface area contributed by atoms with Crippen molar-refractivity contribution in [1.29, 1.82) is 0 Å². The molecule has 0 aromatic heterocycles. The van der Waals surface area contributed by atoms with Gasteiger partial charge in [0.1, 0.15) is 11.5 Å². The van der Waals surface area contributed by atoms with Crippen molar-refractivity contribution in [3.8, 4) is 11.5 Å². The molecule has 0 spiro atoms. The van der Waals surface area contributed by atoms with Crippen molar-refractivity contribution in [2.75, 3.05) is 0 Å². The van der Waals surface area contributed by atoms with Crippen molar-refractivity contribution in [1.82, 2.24) is 0 Å². The fraction of sp³-hybridized carbons (Fsp3) is 0.143. The lowest BCUT2D eigenvalue weighted by Crippen LogP contribution is -1.88. The van der Waals surface area contributed by atoms with Gasteiger partial charge in [0.2, 0.25) is 0 Å². The molecule has 0 aliphatic heterocycles. The van der Waals surface area contributed by atoms with Gasteiger partial charge in [0.05, 0.1) is 0 Å². The number of ether oxygens (including phenoxy) is 1. The molecule has 3 heteroatoms. The first-order valence-electron chi connectivity index (χ1n) is 5.26. The van der Waals surface area contributed by atoms with E-state index in [4.69, 9.17) is 16.3 Å². The van der Waals surface area contributed by atoms with E-state index < -0.39 is 0 Å². The quantitative estimate of drug-likeness (QED) is 0.710. The molecule has 2 aromatic rings. The third kappa shape index (κ3) is 3.24. The average Bonchev–Trinajstić information content (AvgIpc) is 2.22. The van der Waals surface area contributed by atoms with E-state index in [9.17, 15) is 0 Å². The predicted molar refractivity (Wildman–Crippen MR) is 75.1 cm³/mol. The number of benzene rings is 2. The third-order valence-electron chi connectivity index (χ3n) is 2.41. The summed E-state index contributed by atoms with van der Waals surface area (Å²) >= 11 is 9.37. The Kier molecular flexibility index (Phi) is 3.75. The largest absolute Gasteiger partial charge is 0.457 e. The highest BCUT2D eigenvalue weighted by atomic mass is 79.9. The lowest BCUT2D eigenvalue weighted by atomic mass is 10.1. The maximum Gasteiger partial charge on any atom is 0.130 e. The Hall–Kier alpha value is -0.990.